The summed E-state index contributed by atoms with van der Waals surface area (Å²) in [6.07, 6.45) is 13.5. The molecule has 0 heterocycles. The van der Waals surface area contributed by atoms with Crippen LogP contribution in [-0.2, 0) is 0 Å². The van der Waals surface area contributed by atoms with Gasteiger partial charge in [-0.25, -0.2) is 0 Å². The molecule has 12 heavy (non-hydrogen) atoms. The van der Waals surface area contributed by atoms with Crippen LogP contribution in [-0.4, -0.2) is 10.7 Å². The molecule has 0 saturated heterocycles. The molecule has 68 valence electrons. The molecule has 1 saturated carbocycles. The van der Waals surface area contributed by atoms with Gasteiger partial charge in [0, 0.05) is 6.42 Å². The summed E-state index contributed by atoms with van der Waals surface area (Å²) in [5.74, 6) is 2.61. The van der Waals surface area contributed by atoms with Crippen LogP contribution in [0.25, 0.3) is 0 Å². The van der Waals surface area contributed by atoms with Gasteiger partial charge in [0.05, 0.1) is 5.60 Å². The van der Waals surface area contributed by atoms with E-state index in [0.29, 0.717) is 0 Å². The molecule has 1 N–H and O–H groups in total. The summed E-state index contributed by atoms with van der Waals surface area (Å²) in [6.45, 7) is 0. The number of hydrogen-bond acceptors (Lipinski definition) is 1. The van der Waals surface area contributed by atoms with E-state index in [1.165, 1.54) is 19.3 Å². The minimum atomic E-state index is -0.366. The molecule has 0 unspecified atom stereocenters. The van der Waals surface area contributed by atoms with E-state index >= 15 is 0 Å². The SMILES string of the molecule is C#CCCCC1(O)CCCCC1. The summed E-state index contributed by atoms with van der Waals surface area (Å²) in [6, 6.07) is 0. The Bertz CT molecular complexity index is 160. The first-order valence-corrected chi connectivity index (χ1v) is 4.93. The fraction of sp³-hybridized carbons (Fsp3) is 0.818. The van der Waals surface area contributed by atoms with E-state index in [9.17, 15) is 5.11 Å². The maximum Gasteiger partial charge on any atom is 0.0648 e. The van der Waals surface area contributed by atoms with Crippen LogP contribution in [0.3, 0.4) is 0 Å². The van der Waals surface area contributed by atoms with Crippen molar-refractivity contribution in [2.45, 2.75) is 57.0 Å². The summed E-state index contributed by atoms with van der Waals surface area (Å²) in [7, 11) is 0. The quantitative estimate of drug-likeness (QED) is 0.504. The molecule has 0 aromatic rings. The van der Waals surface area contributed by atoms with E-state index in [0.717, 1.165) is 32.1 Å². The topological polar surface area (TPSA) is 20.2 Å². The lowest BCUT2D eigenvalue weighted by molar-refractivity contribution is -0.00501. The summed E-state index contributed by atoms with van der Waals surface area (Å²) in [4.78, 5) is 0. The predicted molar refractivity (Wildman–Crippen MR) is 50.7 cm³/mol. The molecule has 0 aromatic heterocycles. The zero-order valence-electron chi connectivity index (χ0n) is 7.68. The van der Waals surface area contributed by atoms with E-state index in [1.807, 2.05) is 0 Å². The number of terminal acetylenes is 1. The fourth-order valence-corrected chi connectivity index (χ4v) is 1.98. The first-order valence-electron chi connectivity index (χ1n) is 4.93. The minimum Gasteiger partial charge on any atom is -0.390 e. The molecule has 1 rings (SSSR count). The Balaban J connectivity index is 2.23. The molecule has 0 atom stereocenters. The van der Waals surface area contributed by atoms with Gasteiger partial charge in [0.25, 0.3) is 0 Å². The van der Waals surface area contributed by atoms with Crippen LogP contribution in [0, 0.1) is 12.3 Å². The van der Waals surface area contributed by atoms with Gasteiger partial charge in [-0.15, -0.1) is 12.3 Å². The summed E-state index contributed by atoms with van der Waals surface area (Å²) >= 11 is 0. The highest BCUT2D eigenvalue weighted by atomic mass is 16.3. The number of aliphatic hydroxyl groups is 1. The van der Waals surface area contributed by atoms with Gasteiger partial charge in [-0.2, -0.15) is 0 Å². The number of rotatable bonds is 3. The molecule has 0 spiro atoms. The Labute approximate surface area is 75.2 Å². The van der Waals surface area contributed by atoms with Crippen molar-refractivity contribution in [1.29, 1.82) is 0 Å². The van der Waals surface area contributed by atoms with E-state index in [-0.39, 0.29) is 5.60 Å². The van der Waals surface area contributed by atoms with Gasteiger partial charge in [-0.05, 0) is 25.7 Å². The summed E-state index contributed by atoms with van der Waals surface area (Å²) < 4.78 is 0. The number of hydrogen-bond donors (Lipinski definition) is 1. The Hall–Kier alpha value is -0.480. The fourth-order valence-electron chi connectivity index (χ4n) is 1.98. The smallest absolute Gasteiger partial charge is 0.0648 e. The second-order valence-corrected chi connectivity index (χ2v) is 3.84. The number of unbranched alkanes of at least 4 members (excludes halogenated alkanes) is 1. The Morgan fingerprint density at radius 3 is 2.50 bits per heavy atom. The molecule has 0 aromatic carbocycles. The molecule has 1 heteroatoms. The van der Waals surface area contributed by atoms with Crippen LogP contribution >= 0.6 is 0 Å². The summed E-state index contributed by atoms with van der Waals surface area (Å²) in [5, 5.41) is 10.0. The molecule has 0 aliphatic heterocycles. The zero-order chi connectivity index (χ0) is 8.86. The Kier molecular flexibility index (Phi) is 3.62. The highest BCUT2D eigenvalue weighted by molar-refractivity contribution is 4.87. The largest absolute Gasteiger partial charge is 0.390 e. The monoisotopic (exact) mass is 166 g/mol. The molecule has 1 fully saturated rings. The average molecular weight is 166 g/mol. The lowest BCUT2D eigenvalue weighted by Gasteiger charge is -2.31. The zero-order valence-corrected chi connectivity index (χ0v) is 7.68. The van der Waals surface area contributed by atoms with Crippen molar-refractivity contribution < 1.29 is 5.11 Å². The van der Waals surface area contributed by atoms with Gasteiger partial charge in [-0.3, -0.25) is 0 Å². The first-order chi connectivity index (χ1) is 5.77. The van der Waals surface area contributed by atoms with Crippen LogP contribution in [0.15, 0.2) is 0 Å². The lowest BCUT2D eigenvalue weighted by atomic mass is 9.81. The van der Waals surface area contributed by atoms with Crippen molar-refractivity contribution in [2.75, 3.05) is 0 Å². The van der Waals surface area contributed by atoms with Crippen molar-refractivity contribution in [3.8, 4) is 12.3 Å². The normalized spacial score (nSPS) is 21.7. The maximum atomic E-state index is 10.0. The Morgan fingerprint density at radius 2 is 1.92 bits per heavy atom. The van der Waals surface area contributed by atoms with Gasteiger partial charge in [0.1, 0.15) is 0 Å². The van der Waals surface area contributed by atoms with E-state index in [2.05, 4.69) is 5.92 Å². The van der Waals surface area contributed by atoms with Crippen LogP contribution < -0.4 is 0 Å². The van der Waals surface area contributed by atoms with E-state index in [4.69, 9.17) is 6.42 Å². The van der Waals surface area contributed by atoms with Crippen molar-refractivity contribution in [2.24, 2.45) is 0 Å². The second kappa shape index (κ2) is 4.52. The van der Waals surface area contributed by atoms with Gasteiger partial charge in [0.2, 0.25) is 0 Å². The van der Waals surface area contributed by atoms with Gasteiger partial charge >= 0.3 is 0 Å². The second-order valence-electron chi connectivity index (χ2n) is 3.84. The van der Waals surface area contributed by atoms with Crippen molar-refractivity contribution in [3.05, 3.63) is 0 Å². The third-order valence-electron chi connectivity index (χ3n) is 2.75. The van der Waals surface area contributed by atoms with Gasteiger partial charge < -0.3 is 5.11 Å². The van der Waals surface area contributed by atoms with Gasteiger partial charge in [-0.1, -0.05) is 19.3 Å². The molecular weight excluding hydrogens is 148 g/mol. The van der Waals surface area contributed by atoms with Crippen LogP contribution in [0.4, 0.5) is 0 Å². The molecule has 0 bridgehead atoms. The van der Waals surface area contributed by atoms with Crippen LogP contribution in [0.2, 0.25) is 0 Å². The average Bonchev–Trinajstić information content (AvgIpc) is 2.06. The van der Waals surface area contributed by atoms with Crippen LogP contribution in [0.5, 0.6) is 0 Å². The molecule has 0 radical (unpaired) electrons. The standard InChI is InChI=1S/C11H18O/c1-2-3-5-8-11(12)9-6-4-7-10-11/h1,12H,3-10H2. The third-order valence-corrected chi connectivity index (χ3v) is 2.75. The third kappa shape index (κ3) is 2.87. The molecule has 1 aliphatic carbocycles. The molecule has 0 amide bonds. The van der Waals surface area contributed by atoms with Crippen molar-refractivity contribution >= 4 is 0 Å². The van der Waals surface area contributed by atoms with Gasteiger partial charge in [0.15, 0.2) is 0 Å². The van der Waals surface area contributed by atoms with E-state index in [1.54, 1.807) is 0 Å². The molecule has 1 aliphatic rings. The molecular formula is C11H18O. The minimum absolute atomic E-state index is 0.366. The van der Waals surface area contributed by atoms with Crippen molar-refractivity contribution in [3.63, 3.8) is 0 Å². The first kappa shape index (κ1) is 9.61. The highest BCUT2D eigenvalue weighted by Gasteiger charge is 2.27. The predicted octanol–water partition coefficient (Wildman–Crippen LogP) is 2.49. The highest BCUT2D eigenvalue weighted by Crippen LogP contribution is 2.31. The Morgan fingerprint density at radius 1 is 1.25 bits per heavy atom. The van der Waals surface area contributed by atoms with E-state index < -0.39 is 0 Å². The van der Waals surface area contributed by atoms with Crippen LogP contribution in [0.1, 0.15) is 51.4 Å². The van der Waals surface area contributed by atoms with Crippen molar-refractivity contribution in [1.82, 2.24) is 0 Å². The summed E-state index contributed by atoms with van der Waals surface area (Å²) in [5.41, 5.74) is -0.366. The molecule has 1 nitrogen and oxygen atoms in total. The maximum absolute atomic E-state index is 10.0. The lowest BCUT2D eigenvalue weighted by Crippen LogP contribution is -2.30.